The molecule has 0 aliphatic carbocycles. The third-order valence-electron chi connectivity index (χ3n) is 5.28. The van der Waals surface area contributed by atoms with E-state index in [1.165, 1.54) is 7.11 Å². The average molecular weight is 463 g/mol. The molecule has 2 aromatic rings. The van der Waals surface area contributed by atoms with Crippen LogP contribution < -0.4 is 5.32 Å². The highest BCUT2D eigenvalue weighted by Gasteiger charge is 2.29. The van der Waals surface area contributed by atoms with E-state index in [0.717, 1.165) is 5.56 Å². The number of amides is 2. The lowest BCUT2D eigenvalue weighted by Gasteiger charge is -2.32. The smallest absolute Gasteiger partial charge is 0.410 e. The van der Waals surface area contributed by atoms with E-state index < -0.39 is 11.6 Å². The van der Waals surface area contributed by atoms with Crippen LogP contribution >= 0.6 is 0 Å². The minimum absolute atomic E-state index is 0.0697. The minimum atomic E-state index is -0.538. The Bertz CT molecular complexity index is 1120. The lowest BCUT2D eigenvalue weighted by molar-refractivity contribution is -0.121. The molecular formula is C27H30N2O5. The SMILES string of the molecule is COC(=O)c1cccc(C#Cc2cccc(NC(=O)C3CCN(C(=O)OC(C)(C)C)CC3)c2)c1. The zero-order chi connectivity index (χ0) is 24.7. The van der Waals surface area contributed by atoms with E-state index in [0.29, 0.717) is 42.7 Å². The molecule has 1 fully saturated rings. The summed E-state index contributed by atoms with van der Waals surface area (Å²) in [5.41, 5.74) is 1.99. The summed E-state index contributed by atoms with van der Waals surface area (Å²) in [6, 6.07) is 14.2. The number of ether oxygens (including phenoxy) is 2. The van der Waals surface area contributed by atoms with Gasteiger partial charge in [-0.05, 0) is 70.0 Å². The molecule has 1 aliphatic rings. The molecule has 1 heterocycles. The van der Waals surface area contributed by atoms with Crippen molar-refractivity contribution in [3.8, 4) is 11.8 Å². The fourth-order valence-electron chi connectivity index (χ4n) is 3.56. The van der Waals surface area contributed by atoms with E-state index in [1.807, 2.05) is 51.1 Å². The van der Waals surface area contributed by atoms with Crippen molar-refractivity contribution in [3.63, 3.8) is 0 Å². The van der Waals surface area contributed by atoms with Crippen LogP contribution in [0.1, 0.15) is 55.1 Å². The Morgan fingerprint density at radius 3 is 2.21 bits per heavy atom. The molecule has 1 N–H and O–H groups in total. The van der Waals surface area contributed by atoms with Crippen molar-refractivity contribution >= 4 is 23.7 Å². The third-order valence-corrected chi connectivity index (χ3v) is 5.28. The molecule has 0 unspecified atom stereocenters. The first-order valence-electron chi connectivity index (χ1n) is 11.2. The van der Waals surface area contributed by atoms with E-state index >= 15 is 0 Å². The molecule has 0 bridgehead atoms. The summed E-state index contributed by atoms with van der Waals surface area (Å²) in [7, 11) is 1.34. The Morgan fingerprint density at radius 1 is 0.971 bits per heavy atom. The largest absolute Gasteiger partial charge is 0.465 e. The van der Waals surface area contributed by atoms with E-state index in [9.17, 15) is 14.4 Å². The van der Waals surface area contributed by atoms with Crippen molar-refractivity contribution in [2.75, 3.05) is 25.5 Å². The number of benzene rings is 2. The second kappa shape index (κ2) is 10.9. The molecule has 0 aromatic heterocycles. The van der Waals surface area contributed by atoms with Crippen LogP contribution in [0.5, 0.6) is 0 Å². The van der Waals surface area contributed by atoms with Crippen molar-refractivity contribution in [1.29, 1.82) is 0 Å². The van der Waals surface area contributed by atoms with Crippen molar-refractivity contribution in [3.05, 3.63) is 65.2 Å². The third kappa shape index (κ3) is 7.11. The van der Waals surface area contributed by atoms with Gasteiger partial charge in [0.1, 0.15) is 5.60 Å². The van der Waals surface area contributed by atoms with Gasteiger partial charge in [0.25, 0.3) is 0 Å². The molecule has 2 aromatic carbocycles. The molecule has 0 spiro atoms. The van der Waals surface area contributed by atoms with Gasteiger partial charge < -0.3 is 19.7 Å². The maximum Gasteiger partial charge on any atom is 0.410 e. The van der Waals surface area contributed by atoms with Crippen LogP contribution in [0, 0.1) is 17.8 Å². The second-order valence-electron chi connectivity index (χ2n) is 9.13. The number of piperidine rings is 1. The van der Waals surface area contributed by atoms with Crippen molar-refractivity contribution in [2.45, 2.75) is 39.2 Å². The number of methoxy groups -OCH3 is 1. The van der Waals surface area contributed by atoms with Gasteiger partial charge in [-0.1, -0.05) is 24.0 Å². The summed E-state index contributed by atoms with van der Waals surface area (Å²) in [6.07, 6.45) is 0.831. The number of likely N-dealkylation sites (tertiary alicyclic amines) is 1. The maximum atomic E-state index is 12.8. The first-order chi connectivity index (χ1) is 16.1. The van der Waals surface area contributed by atoms with Gasteiger partial charge in [-0.15, -0.1) is 0 Å². The van der Waals surface area contributed by atoms with Crippen molar-refractivity contribution in [2.24, 2.45) is 5.92 Å². The predicted molar refractivity (Wildman–Crippen MR) is 129 cm³/mol. The second-order valence-corrected chi connectivity index (χ2v) is 9.13. The van der Waals surface area contributed by atoms with Crippen LogP contribution in [0.3, 0.4) is 0 Å². The predicted octanol–water partition coefficient (Wildman–Crippen LogP) is 4.46. The highest BCUT2D eigenvalue weighted by molar-refractivity contribution is 5.93. The van der Waals surface area contributed by atoms with Gasteiger partial charge >= 0.3 is 12.1 Å². The molecule has 2 amide bonds. The lowest BCUT2D eigenvalue weighted by Crippen LogP contribution is -2.43. The zero-order valence-corrected chi connectivity index (χ0v) is 20.0. The number of carbonyl (C=O) groups excluding carboxylic acids is 3. The Hall–Kier alpha value is -3.79. The summed E-state index contributed by atoms with van der Waals surface area (Å²) < 4.78 is 10.2. The number of hydrogen-bond donors (Lipinski definition) is 1. The number of esters is 1. The highest BCUT2D eigenvalue weighted by Crippen LogP contribution is 2.22. The Balaban J connectivity index is 1.58. The molecular weight excluding hydrogens is 432 g/mol. The average Bonchev–Trinajstić information content (AvgIpc) is 2.81. The first-order valence-corrected chi connectivity index (χ1v) is 11.2. The Labute approximate surface area is 200 Å². The highest BCUT2D eigenvalue weighted by atomic mass is 16.6. The first kappa shape index (κ1) is 24.8. The number of nitrogens with zero attached hydrogens (tertiary/aromatic N) is 1. The molecule has 1 aliphatic heterocycles. The topological polar surface area (TPSA) is 84.9 Å². The van der Waals surface area contributed by atoms with E-state index in [1.54, 1.807) is 23.1 Å². The van der Waals surface area contributed by atoms with Gasteiger partial charge in [-0.2, -0.15) is 0 Å². The molecule has 1 saturated heterocycles. The van der Waals surface area contributed by atoms with Crippen LogP contribution in [-0.2, 0) is 14.3 Å². The summed E-state index contributed by atoms with van der Waals surface area (Å²) in [4.78, 5) is 38.3. The maximum absolute atomic E-state index is 12.8. The Kier molecular flexibility index (Phi) is 7.95. The normalized spacial score (nSPS) is 13.9. The van der Waals surface area contributed by atoms with Gasteiger partial charge in [-0.25, -0.2) is 9.59 Å². The van der Waals surface area contributed by atoms with Crippen molar-refractivity contribution in [1.82, 2.24) is 4.90 Å². The molecule has 0 saturated carbocycles. The molecule has 3 rings (SSSR count). The summed E-state index contributed by atoms with van der Waals surface area (Å²) in [6.45, 7) is 6.49. The number of nitrogens with one attached hydrogen (secondary N) is 1. The molecule has 7 nitrogen and oxygen atoms in total. The van der Waals surface area contributed by atoms with Crippen LogP contribution in [0.4, 0.5) is 10.5 Å². The number of hydrogen-bond acceptors (Lipinski definition) is 5. The van der Waals surface area contributed by atoms with Gasteiger partial charge in [0.05, 0.1) is 12.7 Å². The van der Waals surface area contributed by atoms with Gasteiger partial charge in [0.15, 0.2) is 0 Å². The van der Waals surface area contributed by atoms with E-state index in [-0.39, 0.29) is 17.9 Å². The van der Waals surface area contributed by atoms with Crippen molar-refractivity contribution < 1.29 is 23.9 Å². The van der Waals surface area contributed by atoms with Crippen LogP contribution in [0.2, 0.25) is 0 Å². The lowest BCUT2D eigenvalue weighted by atomic mass is 9.96. The molecule has 178 valence electrons. The van der Waals surface area contributed by atoms with E-state index in [4.69, 9.17) is 9.47 Å². The summed E-state index contributed by atoms with van der Waals surface area (Å²) in [5, 5.41) is 2.96. The monoisotopic (exact) mass is 462 g/mol. The summed E-state index contributed by atoms with van der Waals surface area (Å²) in [5.74, 6) is 5.45. The molecule has 34 heavy (non-hydrogen) atoms. The fourth-order valence-corrected chi connectivity index (χ4v) is 3.56. The quantitative estimate of drug-likeness (QED) is 0.538. The number of rotatable bonds is 3. The van der Waals surface area contributed by atoms with Gasteiger partial charge in [-0.3, -0.25) is 4.79 Å². The minimum Gasteiger partial charge on any atom is -0.465 e. The number of anilines is 1. The molecule has 0 atom stereocenters. The zero-order valence-electron chi connectivity index (χ0n) is 20.0. The van der Waals surface area contributed by atoms with Crippen LogP contribution in [0.25, 0.3) is 0 Å². The van der Waals surface area contributed by atoms with Crippen LogP contribution in [-0.4, -0.2) is 48.7 Å². The summed E-state index contributed by atoms with van der Waals surface area (Å²) >= 11 is 0. The molecule has 7 heteroatoms. The molecule has 0 radical (unpaired) electrons. The van der Waals surface area contributed by atoms with Crippen LogP contribution in [0.15, 0.2) is 48.5 Å². The number of carbonyl (C=O) groups is 3. The van der Waals surface area contributed by atoms with Gasteiger partial charge in [0, 0.05) is 35.8 Å². The fraction of sp³-hybridized carbons (Fsp3) is 0.370. The Morgan fingerprint density at radius 2 is 1.59 bits per heavy atom. The standard InChI is InChI=1S/C27H30N2O5/c1-27(2,3)34-26(32)29-15-13-21(14-16-29)24(30)28-23-10-6-8-20(18-23)12-11-19-7-5-9-22(17-19)25(31)33-4/h5-10,17-18,21H,13-16H2,1-4H3,(H,28,30). The van der Waals surface area contributed by atoms with Gasteiger partial charge in [0.2, 0.25) is 5.91 Å². The van der Waals surface area contributed by atoms with E-state index in [2.05, 4.69) is 17.2 Å².